The lowest BCUT2D eigenvalue weighted by molar-refractivity contribution is 0.687. The molecule has 2 heteroatoms. The Morgan fingerprint density at radius 2 is 2.22 bits per heavy atom. The number of terminal acetylenes is 1. The molecule has 18 heavy (non-hydrogen) atoms. The van der Waals surface area contributed by atoms with Gasteiger partial charge in [-0.2, -0.15) is 0 Å². The van der Waals surface area contributed by atoms with Gasteiger partial charge in [0.25, 0.3) is 0 Å². The van der Waals surface area contributed by atoms with Crippen LogP contribution in [0.15, 0.2) is 30.5 Å². The second-order valence-electron chi connectivity index (χ2n) is 5.01. The van der Waals surface area contributed by atoms with Gasteiger partial charge in [-0.25, -0.2) is 0 Å². The lowest BCUT2D eigenvalue weighted by Gasteiger charge is -2.06. The van der Waals surface area contributed by atoms with Crippen LogP contribution in [0.5, 0.6) is 0 Å². The van der Waals surface area contributed by atoms with Gasteiger partial charge in [-0.15, -0.1) is 12.3 Å². The number of benzene rings is 1. The minimum absolute atomic E-state index is 0.758. The minimum Gasteiger partial charge on any atom is -0.347 e. The van der Waals surface area contributed by atoms with Gasteiger partial charge in [0.15, 0.2) is 0 Å². The monoisotopic (exact) mass is 238 g/mol. The van der Waals surface area contributed by atoms with Crippen LogP contribution in [0.3, 0.4) is 0 Å². The number of rotatable bonds is 5. The van der Waals surface area contributed by atoms with Crippen LogP contribution < -0.4 is 5.32 Å². The Morgan fingerprint density at radius 3 is 3.00 bits per heavy atom. The van der Waals surface area contributed by atoms with E-state index in [1.165, 1.54) is 29.3 Å². The summed E-state index contributed by atoms with van der Waals surface area (Å²) in [6, 6.07) is 9.61. The van der Waals surface area contributed by atoms with Gasteiger partial charge in [-0.1, -0.05) is 12.1 Å². The van der Waals surface area contributed by atoms with E-state index in [1.807, 2.05) is 0 Å². The Bertz CT molecular complexity index is 585. The predicted molar refractivity (Wildman–Crippen MR) is 75.2 cm³/mol. The zero-order valence-electron chi connectivity index (χ0n) is 10.5. The maximum atomic E-state index is 5.33. The van der Waals surface area contributed by atoms with E-state index in [-0.39, 0.29) is 0 Å². The number of hydrogen-bond donors (Lipinski definition) is 1. The summed E-state index contributed by atoms with van der Waals surface area (Å²) >= 11 is 0. The Hall–Kier alpha value is -1.72. The number of hydrogen-bond acceptors (Lipinski definition) is 1. The molecular weight excluding hydrogens is 220 g/mol. The molecule has 0 unspecified atom stereocenters. The Kier molecular flexibility index (Phi) is 3.08. The summed E-state index contributed by atoms with van der Waals surface area (Å²) in [6.07, 6.45) is 10.9. The first-order valence-corrected chi connectivity index (χ1v) is 6.61. The molecule has 0 radical (unpaired) electrons. The molecule has 1 aromatic heterocycles. The van der Waals surface area contributed by atoms with E-state index in [9.17, 15) is 0 Å². The molecule has 0 amide bonds. The molecule has 1 aliphatic carbocycles. The second kappa shape index (κ2) is 4.88. The summed E-state index contributed by atoms with van der Waals surface area (Å²) in [5.74, 6) is 2.70. The zero-order chi connectivity index (χ0) is 12.4. The number of fused-ring (bicyclic) bond motifs is 1. The summed E-state index contributed by atoms with van der Waals surface area (Å²) in [5.41, 5.74) is 2.65. The maximum absolute atomic E-state index is 5.33. The van der Waals surface area contributed by atoms with Gasteiger partial charge in [0, 0.05) is 37.3 Å². The third kappa shape index (κ3) is 2.42. The summed E-state index contributed by atoms with van der Waals surface area (Å²) in [7, 11) is 0. The highest BCUT2D eigenvalue weighted by Gasteiger charge is 2.19. The van der Waals surface area contributed by atoms with Crippen molar-refractivity contribution in [3.8, 4) is 12.3 Å². The fourth-order valence-electron chi connectivity index (χ4n) is 2.27. The van der Waals surface area contributed by atoms with Crippen molar-refractivity contribution in [3.05, 3.63) is 36.0 Å². The molecule has 1 fully saturated rings. The van der Waals surface area contributed by atoms with Crippen molar-refractivity contribution >= 4 is 10.9 Å². The molecule has 1 N–H and O–H groups in total. The van der Waals surface area contributed by atoms with Crippen LogP contribution in [-0.2, 0) is 13.1 Å². The number of nitrogens with one attached hydrogen (secondary N) is 1. The van der Waals surface area contributed by atoms with E-state index in [0.717, 1.165) is 25.6 Å². The molecule has 0 spiro atoms. The molecule has 3 rings (SSSR count). The van der Waals surface area contributed by atoms with Crippen LogP contribution in [0.25, 0.3) is 10.9 Å². The molecule has 2 aromatic rings. The van der Waals surface area contributed by atoms with Gasteiger partial charge in [0.1, 0.15) is 0 Å². The lowest BCUT2D eigenvalue weighted by atomic mass is 10.1. The van der Waals surface area contributed by atoms with Crippen LogP contribution in [0.2, 0.25) is 0 Å². The van der Waals surface area contributed by atoms with E-state index in [1.54, 1.807) is 0 Å². The maximum Gasteiger partial charge on any atom is 0.0483 e. The molecule has 1 aliphatic rings. The van der Waals surface area contributed by atoms with Crippen molar-refractivity contribution < 1.29 is 0 Å². The van der Waals surface area contributed by atoms with Crippen molar-refractivity contribution in [1.82, 2.24) is 9.88 Å². The Balaban J connectivity index is 1.81. The smallest absolute Gasteiger partial charge is 0.0483 e. The predicted octanol–water partition coefficient (Wildman–Crippen LogP) is 2.92. The average molecular weight is 238 g/mol. The molecule has 0 saturated heterocycles. The molecule has 1 aromatic carbocycles. The average Bonchev–Trinajstić information content (AvgIpc) is 3.14. The van der Waals surface area contributed by atoms with Crippen molar-refractivity contribution in [2.24, 2.45) is 0 Å². The van der Waals surface area contributed by atoms with Gasteiger partial charge in [0.2, 0.25) is 0 Å². The first-order valence-electron chi connectivity index (χ1n) is 6.61. The third-order valence-electron chi connectivity index (χ3n) is 3.51. The highest BCUT2D eigenvalue weighted by molar-refractivity contribution is 5.80. The Labute approximate surface area is 108 Å². The van der Waals surface area contributed by atoms with Gasteiger partial charge in [-0.3, -0.25) is 0 Å². The second-order valence-corrected chi connectivity index (χ2v) is 5.01. The number of nitrogens with zero attached hydrogens (tertiary/aromatic N) is 1. The fraction of sp³-hybridized carbons (Fsp3) is 0.375. The molecular formula is C16H18N2. The normalized spacial score (nSPS) is 14.8. The third-order valence-corrected chi connectivity index (χ3v) is 3.51. The van der Waals surface area contributed by atoms with Crippen LogP contribution in [0, 0.1) is 12.3 Å². The standard InChI is InChI=1S/C16H18N2/c1-2-3-9-18-10-8-14-5-4-13(11-16(14)18)12-17-15-6-7-15/h1,4-5,8,10-11,15,17H,3,6-7,9,12H2. The SMILES string of the molecule is C#CCCn1ccc2ccc(CNC3CC3)cc21. The van der Waals surface area contributed by atoms with Crippen molar-refractivity contribution in [2.75, 3.05) is 0 Å². The van der Waals surface area contributed by atoms with Crippen molar-refractivity contribution in [2.45, 2.75) is 38.4 Å². The lowest BCUT2D eigenvalue weighted by Crippen LogP contribution is -2.15. The van der Waals surface area contributed by atoms with Crippen LogP contribution in [0.1, 0.15) is 24.8 Å². The minimum atomic E-state index is 0.758. The van der Waals surface area contributed by atoms with Crippen LogP contribution in [0.4, 0.5) is 0 Å². The van der Waals surface area contributed by atoms with Gasteiger partial charge in [-0.05, 0) is 35.9 Å². The highest BCUT2D eigenvalue weighted by atomic mass is 15.0. The van der Waals surface area contributed by atoms with Gasteiger partial charge in [0.05, 0.1) is 0 Å². The fourth-order valence-corrected chi connectivity index (χ4v) is 2.27. The topological polar surface area (TPSA) is 17.0 Å². The van der Waals surface area contributed by atoms with E-state index >= 15 is 0 Å². The molecule has 0 aliphatic heterocycles. The van der Waals surface area contributed by atoms with Gasteiger partial charge >= 0.3 is 0 Å². The van der Waals surface area contributed by atoms with E-state index in [0.29, 0.717) is 0 Å². The summed E-state index contributed by atoms with van der Waals surface area (Å²) in [4.78, 5) is 0. The van der Waals surface area contributed by atoms with Crippen molar-refractivity contribution in [1.29, 1.82) is 0 Å². The molecule has 0 atom stereocenters. The summed E-state index contributed by atoms with van der Waals surface area (Å²) in [5, 5.41) is 4.84. The number of aromatic nitrogens is 1. The molecule has 2 nitrogen and oxygen atoms in total. The van der Waals surface area contributed by atoms with E-state index in [2.05, 4.69) is 46.3 Å². The van der Waals surface area contributed by atoms with Crippen molar-refractivity contribution in [3.63, 3.8) is 0 Å². The first kappa shape index (κ1) is 11.4. The van der Waals surface area contributed by atoms with Gasteiger partial charge < -0.3 is 9.88 Å². The van der Waals surface area contributed by atoms with Crippen LogP contribution >= 0.6 is 0 Å². The highest BCUT2D eigenvalue weighted by Crippen LogP contribution is 2.21. The van der Waals surface area contributed by atoms with E-state index < -0.39 is 0 Å². The first-order chi connectivity index (χ1) is 8.86. The largest absolute Gasteiger partial charge is 0.347 e. The Morgan fingerprint density at radius 1 is 1.33 bits per heavy atom. The quantitative estimate of drug-likeness (QED) is 0.793. The summed E-state index contributed by atoms with van der Waals surface area (Å²) < 4.78 is 2.25. The van der Waals surface area contributed by atoms with Crippen LogP contribution in [-0.4, -0.2) is 10.6 Å². The zero-order valence-corrected chi connectivity index (χ0v) is 10.5. The summed E-state index contributed by atoms with van der Waals surface area (Å²) in [6.45, 7) is 1.88. The molecule has 1 heterocycles. The molecule has 1 saturated carbocycles. The molecule has 92 valence electrons. The number of aryl methyl sites for hydroxylation is 1. The van der Waals surface area contributed by atoms with E-state index in [4.69, 9.17) is 6.42 Å². The molecule has 0 bridgehead atoms.